The predicted molar refractivity (Wildman–Crippen MR) is 115 cm³/mol. The van der Waals surface area contributed by atoms with E-state index in [-0.39, 0.29) is 5.91 Å². The molecule has 5 heteroatoms. The first-order chi connectivity index (χ1) is 13.7. The van der Waals surface area contributed by atoms with E-state index in [4.69, 9.17) is 4.74 Å². The molecule has 2 fully saturated rings. The number of carbonyl (C=O) groups is 1. The van der Waals surface area contributed by atoms with Crippen molar-refractivity contribution in [3.05, 3.63) is 59.7 Å². The fourth-order valence-electron chi connectivity index (χ4n) is 3.89. The Hall–Kier alpha value is -1.98. The molecule has 2 aliphatic rings. The van der Waals surface area contributed by atoms with E-state index in [9.17, 15) is 4.79 Å². The molecule has 0 spiro atoms. The van der Waals surface area contributed by atoms with E-state index in [1.807, 2.05) is 34.9 Å². The molecule has 0 N–H and O–H groups in total. The van der Waals surface area contributed by atoms with Crippen LogP contribution >= 0.6 is 11.8 Å². The normalized spacial score (nSPS) is 18.3. The SMILES string of the molecule is Cc1ccc(SC2CCN(C(=O)c3ccccc3N3CCOCC3)CC2)cc1. The van der Waals surface area contributed by atoms with Gasteiger partial charge in [-0.3, -0.25) is 4.79 Å². The van der Waals surface area contributed by atoms with Gasteiger partial charge < -0.3 is 14.5 Å². The standard InChI is InChI=1S/C23H28N2O2S/c1-18-6-8-19(9-7-18)28-20-10-12-25(13-11-20)23(26)21-4-2-3-5-22(21)24-14-16-27-17-15-24/h2-9,20H,10-17H2,1H3. The summed E-state index contributed by atoms with van der Waals surface area (Å²) in [4.78, 5) is 18.9. The number of aryl methyl sites for hydroxylation is 1. The Morgan fingerprint density at radius 2 is 1.64 bits per heavy atom. The molecule has 0 saturated carbocycles. The van der Waals surface area contributed by atoms with E-state index in [0.717, 1.165) is 63.5 Å². The number of para-hydroxylation sites is 1. The van der Waals surface area contributed by atoms with Crippen molar-refractivity contribution in [2.24, 2.45) is 0 Å². The first-order valence-electron chi connectivity index (χ1n) is 10.1. The third-order valence-electron chi connectivity index (χ3n) is 5.54. The smallest absolute Gasteiger partial charge is 0.255 e. The predicted octanol–water partition coefficient (Wildman–Crippen LogP) is 4.23. The zero-order chi connectivity index (χ0) is 19.3. The Labute approximate surface area is 171 Å². The monoisotopic (exact) mass is 396 g/mol. The third-order valence-corrected chi connectivity index (χ3v) is 6.89. The van der Waals surface area contributed by atoms with Crippen molar-refractivity contribution in [2.75, 3.05) is 44.3 Å². The number of ether oxygens (including phenoxy) is 1. The molecule has 0 radical (unpaired) electrons. The second kappa shape index (κ2) is 9.01. The highest BCUT2D eigenvalue weighted by Gasteiger charge is 2.27. The fourth-order valence-corrected chi connectivity index (χ4v) is 5.02. The topological polar surface area (TPSA) is 32.8 Å². The lowest BCUT2D eigenvalue weighted by Gasteiger charge is -2.34. The summed E-state index contributed by atoms with van der Waals surface area (Å²) in [6.45, 7) is 6.93. The maximum atomic E-state index is 13.2. The number of carbonyl (C=O) groups excluding carboxylic acids is 1. The molecule has 1 amide bonds. The quantitative estimate of drug-likeness (QED) is 0.774. The van der Waals surface area contributed by atoms with Gasteiger partial charge in [0.05, 0.1) is 18.8 Å². The minimum absolute atomic E-state index is 0.167. The van der Waals surface area contributed by atoms with E-state index >= 15 is 0 Å². The molecule has 0 aromatic heterocycles. The number of nitrogens with zero attached hydrogens (tertiary/aromatic N) is 2. The van der Waals surface area contributed by atoms with E-state index < -0.39 is 0 Å². The third kappa shape index (κ3) is 4.53. The summed E-state index contributed by atoms with van der Waals surface area (Å²) < 4.78 is 5.47. The number of hydrogen-bond acceptors (Lipinski definition) is 4. The number of benzene rings is 2. The minimum atomic E-state index is 0.167. The van der Waals surface area contributed by atoms with Crippen LogP contribution in [0.15, 0.2) is 53.4 Å². The molecule has 0 unspecified atom stereocenters. The lowest BCUT2D eigenvalue weighted by Crippen LogP contribution is -2.41. The van der Waals surface area contributed by atoms with Crippen molar-refractivity contribution in [3.63, 3.8) is 0 Å². The molecule has 0 aliphatic carbocycles. The van der Waals surface area contributed by atoms with Crippen LogP contribution in [0, 0.1) is 6.92 Å². The molecule has 2 aromatic rings. The van der Waals surface area contributed by atoms with Crippen molar-refractivity contribution < 1.29 is 9.53 Å². The number of piperidine rings is 1. The fraction of sp³-hybridized carbons (Fsp3) is 0.435. The Balaban J connectivity index is 1.38. The van der Waals surface area contributed by atoms with Crippen LogP contribution in [-0.2, 0) is 4.74 Å². The Bertz CT molecular complexity index is 795. The first-order valence-corrected chi connectivity index (χ1v) is 11.0. The lowest BCUT2D eigenvalue weighted by molar-refractivity contribution is 0.0727. The summed E-state index contributed by atoms with van der Waals surface area (Å²) in [7, 11) is 0. The zero-order valence-corrected chi connectivity index (χ0v) is 17.3. The van der Waals surface area contributed by atoms with Gasteiger partial charge in [-0.2, -0.15) is 0 Å². The van der Waals surface area contributed by atoms with Crippen LogP contribution in [0.2, 0.25) is 0 Å². The number of anilines is 1. The van der Waals surface area contributed by atoms with Crippen molar-refractivity contribution in [2.45, 2.75) is 29.9 Å². The average Bonchev–Trinajstić information content (AvgIpc) is 2.76. The van der Waals surface area contributed by atoms with Gasteiger partial charge in [-0.15, -0.1) is 11.8 Å². The second-order valence-electron chi connectivity index (χ2n) is 7.54. The van der Waals surface area contributed by atoms with Gasteiger partial charge in [0.25, 0.3) is 5.91 Å². The molecule has 2 saturated heterocycles. The van der Waals surface area contributed by atoms with Gasteiger partial charge in [-0.05, 0) is 44.0 Å². The van der Waals surface area contributed by atoms with Crippen LogP contribution in [0.1, 0.15) is 28.8 Å². The van der Waals surface area contributed by atoms with Crippen LogP contribution in [0.3, 0.4) is 0 Å². The molecule has 2 aliphatic heterocycles. The van der Waals surface area contributed by atoms with Gasteiger partial charge in [-0.1, -0.05) is 29.8 Å². The molecule has 4 nitrogen and oxygen atoms in total. The van der Waals surface area contributed by atoms with Crippen LogP contribution in [-0.4, -0.2) is 55.4 Å². The summed E-state index contributed by atoms with van der Waals surface area (Å²) in [5, 5.41) is 0.584. The van der Waals surface area contributed by atoms with Crippen LogP contribution in [0.25, 0.3) is 0 Å². The van der Waals surface area contributed by atoms with Gasteiger partial charge >= 0.3 is 0 Å². The zero-order valence-electron chi connectivity index (χ0n) is 16.5. The summed E-state index contributed by atoms with van der Waals surface area (Å²) >= 11 is 1.95. The number of hydrogen-bond donors (Lipinski definition) is 0. The summed E-state index contributed by atoms with van der Waals surface area (Å²) in [5.41, 5.74) is 3.17. The number of rotatable bonds is 4. The summed E-state index contributed by atoms with van der Waals surface area (Å²) in [6, 6.07) is 16.8. The molecule has 0 bridgehead atoms. The molecule has 148 valence electrons. The Morgan fingerprint density at radius 1 is 0.964 bits per heavy atom. The first kappa shape index (κ1) is 19.3. The molecule has 0 atom stereocenters. The van der Waals surface area contributed by atoms with E-state index in [1.165, 1.54) is 10.5 Å². The van der Waals surface area contributed by atoms with Gasteiger partial charge in [0.1, 0.15) is 0 Å². The summed E-state index contributed by atoms with van der Waals surface area (Å²) in [6.07, 6.45) is 2.09. The minimum Gasteiger partial charge on any atom is -0.378 e. The number of amides is 1. The highest BCUT2D eigenvalue weighted by molar-refractivity contribution is 8.00. The Morgan fingerprint density at radius 3 is 2.36 bits per heavy atom. The number of thioether (sulfide) groups is 1. The molecular weight excluding hydrogens is 368 g/mol. The Kier molecular flexibility index (Phi) is 6.23. The second-order valence-corrected chi connectivity index (χ2v) is 8.91. The largest absolute Gasteiger partial charge is 0.378 e. The summed E-state index contributed by atoms with van der Waals surface area (Å²) in [5.74, 6) is 0.167. The van der Waals surface area contributed by atoms with Crippen molar-refractivity contribution in [1.82, 2.24) is 4.90 Å². The average molecular weight is 397 g/mol. The number of morpholine rings is 1. The highest BCUT2D eigenvalue weighted by atomic mass is 32.2. The number of likely N-dealkylation sites (tertiary alicyclic amines) is 1. The maximum Gasteiger partial charge on any atom is 0.255 e. The maximum absolute atomic E-state index is 13.2. The van der Waals surface area contributed by atoms with Gasteiger partial charge in [0, 0.05) is 42.0 Å². The van der Waals surface area contributed by atoms with Crippen LogP contribution in [0.4, 0.5) is 5.69 Å². The molecular formula is C23H28N2O2S. The van der Waals surface area contributed by atoms with Gasteiger partial charge in [0.15, 0.2) is 0 Å². The van der Waals surface area contributed by atoms with Crippen molar-refractivity contribution in [3.8, 4) is 0 Å². The highest BCUT2D eigenvalue weighted by Crippen LogP contribution is 2.32. The van der Waals surface area contributed by atoms with Gasteiger partial charge in [-0.25, -0.2) is 0 Å². The van der Waals surface area contributed by atoms with E-state index in [0.29, 0.717) is 5.25 Å². The molecule has 2 heterocycles. The van der Waals surface area contributed by atoms with Crippen LogP contribution in [0.5, 0.6) is 0 Å². The molecule has 28 heavy (non-hydrogen) atoms. The molecule has 4 rings (SSSR count). The van der Waals surface area contributed by atoms with Gasteiger partial charge in [0.2, 0.25) is 0 Å². The van der Waals surface area contributed by atoms with Crippen molar-refractivity contribution >= 4 is 23.4 Å². The molecule has 2 aromatic carbocycles. The van der Waals surface area contributed by atoms with Crippen molar-refractivity contribution in [1.29, 1.82) is 0 Å². The van der Waals surface area contributed by atoms with E-state index in [1.54, 1.807) is 0 Å². The lowest BCUT2D eigenvalue weighted by atomic mass is 10.1. The van der Waals surface area contributed by atoms with Crippen LogP contribution < -0.4 is 4.90 Å². The van der Waals surface area contributed by atoms with E-state index in [2.05, 4.69) is 42.2 Å².